The SMILES string of the molecule is O=C(O)C1CCC(O)(COc2cc(F)ccc2Br)CC1. The Morgan fingerprint density at radius 3 is 2.70 bits per heavy atom. The van der Waals surface area contributed by atoms with Crippen LogP contribution in [0.1, 0.15) is 25.7 Å². The summed E-state index contributed by atoms with van der Waals surface area (Å²) in [5.41, 5.74) is -1.04. The van der Waals surface area contributed by atoms with Crippen molar-refractivity contribution in [1.82, 2.24) is 0 Å². The predicted octanol–water partition coefficient (Wildman–Crippen LogP) is 2.97. The molecule has 0 aliphatic heterocycles. The van der Waals surface area contributed by atoms with Crippen molar-refractivity contribution >= 4 is 21.9 Å². The summed E-state index contributed by atoms with van der Waals surface area (Å²) in [6, 6.07) is 4.09. The third kappa shape index (κ3) is 3.70. The Hall–Kier alpha value is -1.14. The lowest BCUT2D eigenvalue weighted by atomic mass is 9.79. The van der Waals surface area contributed by atoms with Crippen LogP contribution in [0.2, 0.25) is 0 Å². The molecule has 1 fully saturated rings. The predicted molar refractivity (Wildman–Crippen MR) is 74.1 cm³/mol. The molecule has 1 aromatic carbocycles. The van der Waals surface area contributed by atoms with Crippen LogP contribution in [0, 0.1) is 11.7 Å². The second-order valence-electron chi connectivity index (χ2n) is 5.20. The summed E-state index contributed by atoms with van der Waals surface area (Å²) >= 11 is 3.25. The quantitative estimate of drug-likeness (QED) is 0.879. The molecule has 0 heterocycles. The Bertz CT molecular complexity index is 498. The van der Waals surface area contributed by atoms with Crippen molar-refractivity contribution in [2.24, 2.45) is 5.92 Å². The van der Waals surface area contributed by atoms with Crippen LogP contribution in [0.25, 0.3) is 0 Å². The summed E-state index contributed by atoms with van der Waals surface area (Å²) in [6.45, 7) is 0.0292. The number of carboxylic acid groups (broad SMARTS) is 1. The van der Waals surface area contributed by atoms with Gasteiger partial charge in [0.2, 0.25) is 0 Å². The van der Waals surface area contributed by atoms with Gasteiger partial charge in [-0.05, 0) is 53.7 Å². The molecule has 110 valence electrons. The van der Waals surface area contributed by atoms with Crippen LogP contribution in [-0.4, -0.2) is 28.4 Å². The third-order valence-corrected chi connectivity index (χ3v) is 4.31. The zero-order chi connectivity index (χ0) is 14.8. The van der Waals surface area contributed by atoms with Gasteiger partial charge in [-0.25, -0.2) is 4.39 Å². The van der Waals surface area contributed by atoms with Crippen molar-refractivity contribution in [3.63, 3.8) is 0 Å². The van der Waals surface area contributed by atoms with Crippen molar-refractivity contribution in [2.45, 2.75) is 31.3 Å². The summed E-state index contributed by atoms with van der Waals surface area (Å²) in [7, 11) is 0. The Balaban J connectivity index is 1.94. The molecule has 2 rings (SSSR count). The maximum absolute atomic E-state index is 13.1. The Morgan fingerprint density at radius 1 is 1.45 bits per heavy atom. The molecule has 1 aliphatic carbocycles. The van der Waals surface area contributed by atoms with E-state index in [1.807, 2.05) is 0 Å². The van der Waals surface area contributed by atoms with Gasteiger partial charge in [0.05, 0.1) is 16.0 Å². The van der Waals surface area contributed by atoms with Gasteiger partial charge in [0.15, 0.2) is 0 Å². The maximum Gasteiger partial charge on any atom is 0.306 e. The molecular formula is C14H16BrFO4. The highest BCUT2D eigenvalue weighted by atomic mass is 79.9. The minimum absolute atomic E-state index is 0.0292. The van der Waals surface area contributed by atoms with E-state index >= 15 is 0 Å². The number of carbonyl (C=O) groups is 1. The summed E-state index contributed by atoms with van der Waals surface area (Å²) in [6.07, 6.45) is 1.60. The van der Waals surface area contributed by atoms with E-state index in [0.717, 1.165) is 0 Å². The third-order valence-electron chi connectivity index (χ3n) is 3.66. The van der Waals surface area contributed by atoms with Crippen LogP contribution >= 0.6 is 15.9 Å². The first-order valence-electron chi connectivity index (χ1n) is 6.43. The first kappa shape index (κ1) is 15.3. The van der Waals surface area contributed by atoms with Crippen molar-refractivity contribution in [3.8, 4) is 5.75 Å². The van der Waals surface area contributed by atoms with E-state index in [9.17, 15) is 14.3 Å². The van der Waals surface area contributed by atoms with E-state index in [2.05, 4.69) is 15.9 Å². The molecule has 0 unspecified atom stereocenters. The zero-order valence-electron chi connectivity index (χ0n) is 10.8. The maximum atomic E-state index is 13.1. The fourth-order valence-electron chi connectivity index (χ4n) is 2.35. The second kappa shape index (κ2) is 6.10. The summed E-state index contributed by atoms with van der Waals surface area (Å²) in [5, 5.41) is 19.3. The van der Waals surface area contributed by atoms with E-state index in [4.69, 9.17) is 9.84 Å². The number of hydrogen-bond acceptors (Lipinski definition) is 3. The van der Waals surface area contributed by atoms with Crippen molar-refractivity contribution in [1.29, 1.82) is 0 Å². The van der Waals surface area contributed by atoms with E-state index in [1.165, 1.54) is 18.2 Å². The first-order valence-corrected chi connectivity index (χ1v) is 7.22. The van der Waals surface area contributed by atoms with Gasteiger partial charge in [-0.15, -0.1) is 0 Å². The molecule has 2 N–H and O–H groups in total. The number of hydrogen-bond donors (Lipinski definition) is 2. The van der Waals surface area contributed by atoms with Crippen LogP contribution in [0.15, 0.2) is 22.7 Å². The minimum Gasteiger partial charge on any atom is -0.489 e. The molecule has 0 atom stereocenters. The molecule has 1 saturated carbocycles. The van der Waals surface area contributed by atoms with E-state index < -0.39 is 23.3 Å². The highest BCUT2D eigenvalue weighted by molar-refractivity contribution is 9.10. The fourth-order valence-corrected chi connectivity index (χ4v) is 2.71. The van der Waals surface area contributed by atoms with Gasteiger partial charge in [0.1, 0.15) is 18.2 Å². The molecule has 0 radical (unpaired) electrons. The second-order valence-corrected chi connectivity index (χ2v) is 6.05. The summed E-state index contributed by atoms with van der Waals surface area (Å²) < 4.78 is 19.2. The molecule has 0 amide bonds. The summed E-state index contributed by atoms with van der Waals surface area (Å²) in [4.78, 5) is 10.9. The number of ether oxygens (including phenoxy) is 1. The molecule has 4 nitrogen and oxygen atoms in total. The lowest BCUT2D eigenvalue weighted by Gasteiger charge is -2.34. The average molecular weight is 347 g/mol. The molecule has 0 saturated heterocycles. The average Bonchev–Trinajstić information content (AvgIpc) is 2.40. The van der Waals surface area contributed by atoms with Gasteiger partial charge in [-0.1, -0.05) is 0 Å². The number of rotatable bonds is 4. The highest BCUT2D eigenvalue weighted by Gasteiger charge is 2.36. The Labute approximate surface area is 124 Å². The van der Waals surface area contributed by atoms with Gasteiger partial charge in [0.25, 0.3) is 0 Å². The fraction of sp³-hybridized carbons (Fsp3) is 0.500. The molecular weight excluding hydrogens is 331 g/mol. The smallest absolute Gasteiger partial charge is 0.306 e. The topological polar surface area (TPSA) is 66.8 Å². The van der Waals surface area contributed by atoms with Gasteiger partial charge >= 0.3 is 5.97 Å². The Morgan fingerprint density at radius 2 is 2.10 bits per heavy atom. The standard InChI is InChI=1S/C14H16BrFO4/c15-11-2-1-10(16)7-12(11)20-8-14(19)5-3-9(4-6-14)13(17)18/h1-2,7,9,19H,3-6,8H2,(H,17,18). The van der Waals surface area contributed by atoms with E-state index in [0.29, 0.717) is 35.9 Å². The molecule has 0 aromatic heterocycles. The summed E-state index contributed by atoms with van der Waals surface area (Å²) in [5.74, 6) is -1.29. The lowest BCUT2D eigenvalue weighted by molar-refractivity contribution is -0.145. The number of aliphatic hydroxyl groups is 1. The lowest BCUT2D eigenvalue weighted by Crippen LogP contribution is -2.41. The van der Waals surface area contributed by atoms with Crippen LogP contribution in [0.3, 0.4) is 0 Å². The van der Waals surface area contributed by atoms with E-state index in [1.54, 1.807) is 0 Å². The zero-order valence-corrected chi connectivity index (χ0v) is 12.4. The largest absolute Gasteiger partial charge is 0.489 e. The van der Waals surface area contributed by atoms with Crippen LogP contribution < -0.4 is 4.74 Å². The normalized spacial score (nSPS) is 26.2. The van der Waals surface area contributed by atoms with Gasteiger partial charge in [0, 0.05) is 6.07 Å². The van der Waals surface area contributed by atoms with Crippen LogP contribution in [0.4, 0.5) is 4.39 Å². The monoisotopic (exact) mass is 346 g/mol. The van der Waals surface area contributed by atoms with Gasteiger partial charge < -0.3 is 14.9 Å². The van der Waals surface area contributed by atoms with Gasteiger partial charge in [-0.2, -0.15) is 0 Å². The minimum atomic E-state index is -1.04. The van der Waals surface area contributed by atoms with Gasteiger partial charge in [-0.3, -0.25) is 4.79 Å². The van der Waals surface area contributed by atoms with Crippen molar-refractivity contribution in [3.05, 3.63) is 28.5 Å². The van der Waals surface area contributed by atoms with Crippen LogP contribution in [-0.2, 0) is 4.79 Å². The number of aliphatic carboxylic acids is 1. The molecule has 0 bridgehead atoms. The Kier molecular flexibility index (Phi) is 4.65. The van der Waals surface area contributed by atoms with E-state index in [-0.39, 0.29) is 6.61 Å². The van der Waals surface area contributed by atoms with Crippen molar-refractivity contribution < 1.29 is 24.1 Å². The molecule has 6 heteroatoms. The molecule has 1 aromatic rings. The molecule has 0 spiro atoms. The molecule has 20 heavy (non-hydrogen) atoms. The highest BCUT2D eigenvalue weighted by Crippen LogP contribution is 2.34. The number of carboxylic acids is 1. The molecule has 1 aliphatic rings. The number of benzene rings is 1. The number of halogens is 2. The van der Waals surface area contributed by atoms with Crippen molar-refractivity contribution in [2.75, 3.05) is 6.61 Å². The van der Waals surface area contributed by atoms with Crippen LogP contribution in [0.5, 0.6) is 5.75 Å². The first-order chi connectivity index (χ1) is 9.39.